The Morgan fingerprint density at radius 3 is 2.32 bits per heavy atom. The summed E-state index contributed by atoms with van der Waals surface area (Å²) >= 11 is 0. The van der Waals surface area contributed by atoms with Crippen LogP contribution in [0.3, 0.4) is 0 Å². The third-order valence-electron chi connectivity index (χ3n) is 6.81. The van der Waals surface area contributed by atoms with E-state index in [1.54, 1.807) is 0 Å². The van der Waals surface area contributed by atoms with Crippen LogP contribution < -0.4 is 15.5 Å². The third-order valence-corrected chi connectivity index (χ3v) is 6.81. The van der Waals surface area contributed by atoms with Gasteiger partial charge in [0.25, 0.3) is 0 Å². The zero-order valence-electron chi connectivity index (χ0n) is 16.8. The SMILES string of the molecule is O=C1CCC(c2ccc(N3CCC(NCC4CCCCC4)CC3)cc2)C(=O)N1. The molecule has 1 aromatic rings. The molecule has 3 aliphatic rings. The Bertz CT molecular complexity index is 674. The summed E-state index contributed by atoms with van der Waals surface area (Å²) in [7, 11) is 0. The standard InChI is InChI=1S/C23H33N3O2/c27-22-11-10-21(23(28)25-22)18-6-8-20(9-7-18)26-14-12-19(13-15-26)24-16-17-4-2-1-3-5-17/h6-9,17,19,21,24H,1-5,10-16H2,(H,25,27,28). The van der Waals surface area contributed by atoms with Crippen molar-refractivity contribution in [1.29, 1.82) is 0 Å². The zero-order valence-corrected chi connectivity index (χ0v) is 16.8. The number of carbonyl (C=O) groups excluding carboxylic acids is 2. The van der Waals surface area contributed by atoms with Crippen LogP contribution in [0.25, 0.3) is 0 Å². The van der Waals surface area contributed by atoms with Crippen LogP contribution >= 0.6 is 0 Å². The summed E-state index contributed by atoms with van der Waals surface area (Å²) in [5.74, 6) is 0.389. The molecule has 0 spiro atoms. The molecule has 2 amide bonds. The van der Waals surface area contributed by atoms with Crippen LogP contribution in [-0.2, 0) is 9.59 Å². The average Bonchev–Trinajstić information content (AvgIpc) is 2.74. The van der Waals surface area contributed by atoms with Crippen molar-refractivity contribution in [3.05, 3.63) is 29.8 Å². The second kappa shape index (κ2) is 9.08. The Kier molecular flexibility index (Phi) is 6.30. The summed E-state index contributed by atoms with van der Waals surface area (Å²) in [6.45, 7) is 3.37. The molecule has 0 aromatic heterocycles. The number of carbonyl (C=O) groups is 2. The molecule has 2 aliphatic heterocycles. The van der Waals surface area contributed by atoms with E-state index >= 15 is 0 Å². The maximum atomic E-state index is 12.1. The van der Waals surface area contributed by atoms with Crippen LogP contribution in [0.2, 0.25) is 0 Å². The maximum Gasteiger partial charge on any atom is 0.234 e. The Morgan fingerprint density at radius 2 is 1.64 bits per heavy atom. The molecule has 5 heteroatoms. The highest BCUT2D eigenvalue weighted by Crippen LogP contribution is 2.28. The number of amides is 2. The lowest BCUT2D eigenvalue weighted by Crippen LogP contribution is -2.44. The normalized spacial score (nSPS) is 25.0. The number of imide groups is 1. The van der Waals surface area contributed by atoms with Crippen molar-refractivity contribution in [1.82, 2.24) is 10.6 Å². The molecule has 4 rings (SSSR count). The molecule has 2 heterocycles. The maximum absolute atomic E-state index is 12.1. The summed E-state index contributed by atoms with van der Waals surface area (Å²) in [5.41, 5.74) is 2.25. The number of nitrogens with one attached hydrogen (secondary N) is 2. The van der Waals surface area contributed by atoms with E-state index in [-0.39, 0.29) is 17.7 Å². The molecule has 0 bridgehead atoms. The minimum absolute atomic E-state index is 0.155. The molecule has 1 atom stereocenters. The highest BCUT2D eigenvalue weighted by molar-refractivity contribution is 6.00. The van der Waals surface area contributed by atoms with E-state index in [1.165, 1.54) is 57.2 Å². The predicted molar refractivity (Wildman–Crippen MR) is 111 cm³/mol. The first kappa shape index (κ1) is 19.4. The Hall–Kier alpha value is -1.88. The lowest BCUT2D eigenvalue weighted by molar-refractivity contribution is -0.134. The highest BCUT2D eigenvalue weighted by atomic mass is 16.2. The number of anilines is 1. The van der Waals surface area contributed by atoms with Gasteiger partial charge in [-0.15, -0.1) is 0 Å². The molecule has 5 nitrogen and oxygen atoms in total. The summed E-state index contributed by atoms with van der Waals surface area (Å²) in [6, 6.07) is 9.04. The fourth-order valence-corrected chi connectivity index (χ4v) is 5.00. The van der Waals surface area contributed by atoms with Gasteiger partial charge in [-0.2, -0.15) is 0 Å². The molecular formula is C23H33N3O2. The molecule has 0 radical (unpaired) electrons. The van der Waals surface area contributed by atoms with E-state index < -0.39 is 0 Å². The van der Waals surface area contributed by atoms with Gasteiger partial charge in [0, 0.05) is 31.2 Å². The van der Waals surface area contributed by atoms with E-state index in [4.69, 9.17) is 0 Å². The Morgan fingerprint density at radius 1 is 0.929 bits per heavy atom. The van der Waals surface area contributed by atoms with Crippen molar-refractivity contribution in [2.24, 2.45) is 5.92 Å². The highest BCUT2D eigenvalue weighted by Gasteiger charge is 2.28. The molecule has 2 saturated heterocycles. The van der Waals surface area contributed by atoms with Gasteiger partial charge >= 0.3 is 0 Å². The minimum atomic E-state index is -0.193. The number of hydrogen-bond donors (Lipinski definition) is 2. The summed E-state index contributed by atoms with van der Waals surface area (Å²) in [5, 5.41) is 6.28. The van der Waals surface area contributed by atoms with Gasteiger partial charge in [0.15, 0.2) is 0 Å². The van der Waals surface area contributed by atoms with Crippen molar-refractivity contribution in [2.45, 2.75) is 69.7 Å². The summed E-state index contributed by atoms with van der Waals surface area (Å²) in [6.07, 6.45) is 10.5. The van der Waals surface area contributed by atoms with Gasteiger partial charge in [-0.25, -0.2) is 0 Å². The number of hydrogen-bond acceptors (Lipinski definition) is 4. The lowest BCUT2D eigenvalue weighted by Gasteiger charge is -2.35. The second-order valence-electron chi connectivity index (χ2n) is 8.77. The lowest BCUT2D eigenvalue weighted by atomic mass is 9.89. The molecule has 28 heavy (non-hydrogen) atoms. The minimum Gasteiger partial charge on any atom is -0.371 e. The number of nitrogens with zero attached hydrogens (tertiary/aromatic N) is 1. The van der Waals surface area contributed by atoms with Gasteiger partial charge < -0.3 is 10.2 Å². The van der Waals surface area contributed by atoms with E-state index in [0.717, 1.165) is 24.6 Å². The van der Waals surface area contributed by atoms with E-state index in [2.05, 4.69) is 39.8 Å². The number of rotatable bonds is 5. The van der Waals surface area contributed by atoms with E-state index in [1.807, 2.05) is 0 Å². The Balaban J connectivity index is 1.25. The molecule has 3 fully saturated rings. The molecule has 1 unspecified atom stereocenters. The Labute approximate surface area is 168 Å². The van der Waals surface area contributed by atoms with Crippen LogP contribution in [0, 0.1) is 5.92 Å². The summed E-state index contributed by atoms with van der Waals surface area (Å²) < 4.78 is 0. The smallest absolute Gasteiger partial charge is 0.234 e. The predicted octanol–water partition coefficient (Wildman–Crippen LogP) is 3.35. The summed E-state index contributed by atoms with van der Waals surface area (Å²) in [4.78, 5) is 25.8. The van der Waals surface area contributed by atoms with Gasteiger partial charge in [0.1, 0.15) is 0 Å². The van der Waals surface area contributed by atoms with Crippen molar-refractivity contribution >= 4 is 17.5 Å². The van der Waals surface area contributed by atoms with Gasteiger partial charge in [0.2, 0.25) is 11.8 Å². The molecule has 2 N–H and O–H groups in total. The first-order valence-corrected chi connectivity index (χ1v) is 11.1. The molecule has 1 saturated carbocycles. The molecular weight excluding hydrogens is 350 g/mol. The molecule has 152 valence electrons. The van der Waals surface area contributed by atoms with Gasteiger partial charge in [0.05, 0.1) is 5.92 Å². The van der Waals surface area contributed by atoms with Crippen LogP contribution in [0.5, 0.6) is 0 Å². The topological polar surface area (TPSA) is 61.4 Å². The fraction of sp³-hybridized carbons (Fsp3) is 0.652. The van der Waals surface area contributed by atoms with Crippen molar-refractivity contribution < 1.29 is 9.59 Å². The van der Waals surface area contributed by atoms with Crippen LogP contribution in [0.4, 0.5) is 5.69 Å². The zero-order chi connectivity index (χ0) is 19.3. The average molecular weight is 384 g/mol. The monoisotopic (exact) mass is 383 g/mol. The van der Waals surface area contributed by atoms with Crippen molar-refractivity contribution in [2.75, 3.05) is 24.5 Å². The van der Waals surface area contributed by atoms with Crippen LogP contribution in [0.15, 0.2) is 24.3 Å². The number of piperidine rings is 2. The third kappa shape index (κ3) is 4.75. The first-order chi connectivity index (χ1) is 13.7. The van der Waals surface area contributed by atoms with Gasteiger partial charge in [-0.1, -0.05) is 31.4 Å². The van der Waals surface area contributed by atoms with E-state index in [0.29, 0.717) is 18.9 Å². The van der Waals surface area contributed by atoms with Gasteiger partial charge in [-0.3, -0.25) is 14.9 Å². The molecule has 1 aromatic carbocycles. The largest absolute Gasteiger partial charge is 0.371 e. The van der Waals surface area contributed by atoms with Crippen molar-refractivity contribution in [3.8, 4) is 0 Å². The van der Waals surface area contributed by atoms with Crippen LogP contribution in [-0.4, -0.2) is 37.5 Å². The second-order valence-corrected chi connectivity index (χ2v) is 8.77. The fourth-order valence-electron chi connectivity index (χ4n) is 5.00. The van der Waals surface area contributed by atoms with Crippen LogP contribution in [0.1, 0.15) is 69.3 Å². The first-order valence-electron chi connectivity index (χ1n) is 11.1. The quantitative estimate of drug-likeness (QED) is 0.766. The van der Waals surface area contributed by atoms with E-state index in [9.17, 15) is 9.59 Å². The van der Waals surface area contributed by atoms with Crippen molar-refractivity contribution in [3.63, 3.8) is 0 Å². The number of benzene rings is 1. The molecule has 1 aliphatic carbocycles. The van der Waals surface area contributed by atoms with Gasteiger partial charge in [-0.05, 0) is 62.3 Å².